The first-order valence-electron chi connectivity index (χ1n) is 11.0. The molecule has 0 saturated carbocycles. The summed E-state index contributed by atoms with van der Waals surface area (Å²) in [5.74, 6) is 1.13. The predicted octanol–water partition coefficient (Wildman–Crippen LogP) is 5.81. The molecule has 4 aromatic rings. The highest BCUT2D eigenvalue weighted by atomic mass is 19.1. The zero-order chi connectivity index (χ0) is 22.9. The SMILES string of the molecule is CCCc1nc2cnccc2n1Cc1ccc2c(c1)COc1cc(F)ccc1/C2=C(\C)C#N. The van der Waals surface area contributed by atoms with Gasteiger partial charge in [0.2, 0.25) is 0 Å². The Balaban J connectivity index is 1.60. The Bertz CT molecular complexity index is 1440. The molecule has 0 spiro atoms. The number of halogens is 1. The number of hydrogen-bond donors (Lipinski definition) is 0. The molecule has 0 aliphatic carbocycles. The summed E-state index contributed by atoms with van der Waals surface area (Å²) in [4.78, 5) is 8.99. The standard InChI is InChI=1S/C27H23FN4O/c1-3-4-26-31-23-14-30-10-9-24(23)32(26)15-18-5-7-21-19(11-18)16-33-25-12-20(28)6-8-22(25)27(21)17(2)13-29/h5-12,14H,3-4,15-16H2,1-2H3/b27-17+. The van der Waals surface area contributed by atoms with Crippen molar-refractivity contribution in [3.8, 4) is 11.8 Å². The van der Waals surface area contributed by atoms with Crippen LogP contribution in [0.2, 0.25) is 0 Å². The highest BCUT2D eigenvalue weighted by Gasteiger charge is 2.22. The monoisotopic (exact) mass is 438 g/mol. The quantitative estimate of drug-likeness (QED) is 0.377. The molecule has 164 valence electrons. The van der Waals surface area contributed by atoms with E-state index in [1.165, 1.54) is 12.1 Å². The number of aromatic nitrogens is 3. The van der Waals surface area contributed by atoms with Crippen LogP contribution < -0.4 is 4.74 Å². The maximum absolute atomic E-state index is 13.9. The molecule has 0 atom stereocenters. The lowest BCUT2D eigenvalue weighted by atomic mass is 9.90. The van der Waals surface area contributed by atoms with E-state index in [1.807, 2.05) is 12.1 Å². The van der Waals surface area contributed by atoms with Gasteiger partial charge in [0.25, 0.3) is 0 Å². The molecule has 0 fully saturated rings. The van der Waals surface area contributed by atoms with Crippen molar-refractivity contribution in [2.24, 2.45) is 0 Å². The van der Waals surface area contributed by atoms with Crippen molar-refractivity contribution in [2.75, 3.05) is 0 Å². The minimum absolute atomic E-state index is 0.304. The van der Waals surface area contributed by atoms with E-state index in [2.05, 4.69) is 34.7 Å². The lowest BCUT2D eigenvalue weighted by molar-refractivity contribution is 0.305. The molecule has 2 aromatic carbocycles. The number of allylic oxidation sites excluding steroid dienone is 1. The molecule has 5 rings (SSSR count). The Morgan fingerprint density at radius 2 is 2.03 bits per heavy atom. The smallest absolute Gasteiger partial charge is 0.130 e. The predicted molar refractivity (Wildman–Crippen MR) is 125 cm³/mol. The third-order valence-electron chi connectivity index (χ3n) is 6.02. The number of nitrogens with zero attached hydrogens (tertiary/aromatic N) is 4. The Kier molecular flexibility index (Phi) is 5.39. The molecule has 0 N–H and O–H groups in total. The second-order valence-electron chi connectivity index (χ2n) is 8.26. The van der Waals surface area contributed by atoms with Gasteiger partial charge in [0, 0.05) is 41.9 Å². The van der Waals surface area contributed by atoms with Gasteiger partial charge in [0.1, 0.15) is 29.5 Å². The Hall–Kier alpha value is -3.98. The second kappa shape index (κ2) is 8.51. The van der Waals surface area contributed by atoms with Gasteiger partial charge in [-0.25, -0.2) is 9.37 Å². The Morgan fingerprint density at radius 1 is 1.18 bits per heavy atom. The molecule has 0 bridgehead atoms. The largest absolute Gasteiger partial charge is 0.488 e. The molecule has 1 aliphatic heterocycles. The van der Waals surface area contributed by atoms with Gasteiger partial charge >= 0.3 is 0 Å². The lowest BCUT2D eigenvalue weighted by Gasteiger charge is -2.14. The fourth-order valence-corrected chi connectivity index (χ4v) is 4.50. The molecule has 0 unspecified atom stereocenters. The van der Waals surface area contributed by atoms with Gasteiger partial charge in [-0.1, -0.05) is 19.1 Å². The van der Waals surface area contributed by atoms with Gasteiger partial charge in [-0.05, 0) is 54.3 Å². The van der Waals surface area contributed by atoms with E-state index < -0.39 is 0 Å². The van der Waals surface area contributed by atoms with Crippen LogP contribution in [0, 0.1) is 17.1 Å². The van der Waals surface area contributed by atoms with Crippen LogP contribution in [0.4, 0.5) is 4.39 Å². The minimum Gasteiger partial charge on any atom is -0.488 e. The van der Waals surface area contributed by atoms with E-state index in [0.717, 1.165) is 57.5 Å². The van der Waals surface area contributed by atoms with E-state index in [4.69, 9.17) is 9.72 Å². The summed E-state index contributed by atoms with van der Waals surface area (Å²) in [7, 11) is 0. The first kappa shape index (κ1) is 20.9. The summed E-state index contributed by atoms with van der Waals surface area (Å²) in [5.41, 5.74) is 7.07. The van der Waals surface area contributed by atoms with Crippen molar-refractivity contribution < 1.29 is 9.13 Å². The zero-order valence-electron chi connectivity index (χ0n) is 18.6. The first-order valence-corrected chi connectivity index (χ1v) is 11.0. The van der Waals surface area contributed by atoms with E-state index in [9.17, 15) is 9.65 Å². The van der Waals surface area contributed by atoms with Crippen molar-refractivity contribution in [1.29, 1.82) is 5.26 Å². The fourth-order valence-electron chi connectivity index (χ4n) is 4.50. The van der Waals surface area contributed by atoms with E-state index in [1.54, 1.807) is 25.4 Å². The zero-order valence-corrected chi connectivity index (χ0v) is 18.6. The van der Waals surface area contributed by atoms with Gasteiger partial charge in [-0.3, -0.25) is 4.98 Å². The van der Waals surface area contributed by atoms with Crippen molar-refractivity contribution in [1.82, 2.24) is 14.5 Å². The van der Waals surface area contributed by atoms with Crippen LogP contribution in [0.5, 0.6) is 5.75 Å². The van der Waals surface area contributed by atoms with Crippen molar-refractivity contribution >= 4 is 16.6 Å². The number of benzene rings is 2. The topological polar surface area (TPSA) is 63.7 Å². The summed E-state index contributed by atoms with van der Waals surface area (Å²) in [6.45, 7) is 4.90. The number of hydrogen-bond acceptors (Lipinski definition) is 4. The number of rotatable bonds is 4. The molecule has 0 radical (unpaired) electrons. The van der Waals surface area contributed by atoms with Crippen LogP contribution in [-0.2, 0) is 19.6 Å². The molecular formula is C27H23FN4O. The number of imidazole rings is 1. The number of fused-ring (bicyclic) bond motifs is 3. The van der Waals surface area contributed by atoms with Crippen LogP contribution in [0.3, 0.4) is 0 Å². The number of aryl methyl sites for hydroxylation is 1. The summed E-state index contributed by atoms with van der Waals surface area (Å²) in [6, 6.07) is 15.0. The van der Waals surface area contributed by atoms with Gasteiger partial charge in [0.15, 0.2) is 0 Å². The van der Waals surface area contributed by atoms with Gasteiger partial charge in [-0.15, -0.1) is 0 Å². The number of ether oxygens (including phenoxy) is 1. The van der Waals surface area contributed by atoms with Crippen LogP contribution in [0.25, 0.3) is 16.6 Å². The van der Waals surface area contributed by atoms with E-state index >= 15 is 0 Å². The molecule has 2 aromatic heterocycles. The summed E-state index contributed by atoms with van der Waals surface area (Å²) >= 11 is 0. The van der Waals surface area contributed by atoms with Crippen molar-refractivity contribution in [3.63, 3.8) is 0 Å². The Morgan fingerprint density at radius 3 is 2.85 bits per heavy atom. The first-order chi connectivity index (χ1) is 16.1. The highest BCUT2D eigenvalue weighted by molar-refractivity contribution is 5.88. The summed E-state index contributed by atoms with van der Waals surface area (Å²) in [5, 5.41) is 9.65. The van der Waals surface area contributed by atoms with Crippen LogP contribution in [0.1, 0.15) is 48.3 Å². The molecular weight excluding hydrogens is 415 g/mol. The third-order valence-corrected chi connectivity index (χ3v) is 6.02. The molecule has 6 heteroatoms. The summed E-state index contributed by atoms with van der Waals surface area (Å²) < 4.78 is 22.1. The maximum Gasteiger partial charge on any atom is 0.130 e. The third kappa shape index (κ3) is 3.76. The van der Waals surface area contributed by atoms with Crippen LogP contribution in [0.15, 0.2) is 60.4 Å². The maximum atomic E-state index is 13.9. The molecule has 1 aliphatic rings. The molecule has 5 nitrogen and oxygen atoms in total. The molecule has 3 heterocycles. The minimum atomic E-state index is -0.362. The average Bonchev–Trinajstić information content (AvgIpc) is 3.07. The molecule has 0 amide bonds. The van der Waals surface area contributed by atoms with Crippen LogP contribution >= 0.6 is 0 Å². The van der Waals surface area contributed by atoms with Crippen LogP contribution in [-0.4, -0.2) is 14.5 Å². The van der Waals surface area contributed by atoms with Gasteiger partial charge in [-0.2, -0.15) is 5.26 Å². The van der Waals surface area contributed by atoms with Gasteiger partial charge < -0.3 is 9.30 Å². The van der Waals surface area contributed by atoms with E-state index in [-0.39, 0.29) is 5.82 Å². The average molecular weight is 439 g/mol. The highest BCUT2D eigenvalue weighted by Crippen LogP contribution is 2.39. The summed E-state index contributed by atoms with van der Waals surface area (Å²) in [6.07, 6.45) is 5.48. The number of nitriles is 1. The fraction of sp³-hybridized carbons (Fsp3) is 0.222. The lowest BCUT2D eigenvalue weighted by Crippen LogP contribution is -2.06. The molecule has 0 saturated heterocycles. The Labute approximate surface area is 191 Å². The van der Waals surface area contributed by atoms with Crippen molar-refractivity contribution in [3.05, 3.63) is 94.3 Å². The second-order valence-corrected chi connectivity index (χ2v) is 8.26. The van der Waals surface area contributed by atoms with Crippen molar-refractivity contribution in [2.45, 2.75) is 39.8 Å². The normalized spacial score (nSPS) is 14.1. The number of pyridine rings is 1. The van der Waals surface area contributed by atoms with Gasteiger partial charge in [0.05, 0.1) is 17.8 Å². The molecule has 33 heavy (non-hydrogen) atoms. The van der Waals surface area contributed by atoms with E-state index in [0.29, 0.717) is 24.5 Å².